The SMILES string of the molecule is O=C(NN=Cc1ccc([N+](=O)[O-])cc1)C(=Cc1ccc([N+](=O)[O-])cc1)C(=O)NN=Cc1ccc([N+](=O)[O-])cc1. The Hall–Kier alpha value is -6.12. The van der Waals surface area contributed by atoms with Crippen molar-refractivity contribution >= 4 is 47.4 Å². The van der Waals surface area contributed by atoms with Crippen molar-refractivity contribution in [3.63, 3.8) is 0 Å². The average molecular weight is 531 g/mol. The van der Waals surface area contributed by atoms with Crippen LogP contribution in [-0.4, -0.2) is 39.0 Å². The van der Waals surface area contributed by atoms with Crippen molar-refractivity contribution < 1.29 is 24.4 Å². The number of amides is 2. The fraction of sp³-hybridized carbons (Fsp3) is 0. The molecule has 0 aliphatic rings. The van der Waals surface area contributed by atoms with Gasteiger partial charge in [0, 0.05) is 36.4 Å². The van der Waals surface area contributed by atoms with Crippen molar-refractivity contribution in [3.8, 4) is 0 Å². The van der Waals surface area contributed by atoms with E-state index in [1.54, 1.807) is 0 Å². The first-order valence-electron chi connectivity index (χ1n) is 10.8. The van der Waals surface area contributed by atoms with E-state index in [9.17, 15) is 39.9 Å². The zero-order valence-corrected chi connectivity index (χ0v) is 19.7. The van der Waals surface area contributed by atoms with Crippen molar-refractivity contribution in [2.45, 2.75) is 0 Å². The van der Waals surface area contributed by atoms with E-state index in [0.717, 1.165) is 6.08 Å². The van der Waals surface area contributed by atoms with Crippen molar-refractivity contribution in [1.82, 2.24) is 10.9 Å². The number of nitro benzene ring substituents is 3. The summed E-state index contributed by atoms with van der Waals surface area (Å²) in [7, 11) is 0. The second kappa shape index (κ2) is 12.7. The Labute approximate surface area is 218 Å². The zero-order chi connectivity index (χ0) is 28.4. The third kappa shape index (κ3) is 7.94. The molecule has 0 aliphatic heterocycles. The van der Waals surface area contributed by atoms with Gasteiger partial charge in [0.15, 0.2) is 0 Å². The van der Waals surface area contributed by atoms with E-state index in [0.29, 0.717) is 16.7 Å². The maximum Gasteiger partial charge on any atom is 0.277 e. The van der Waals surface area contributed by atoms with Crippen LogP contribution in [-0.2, 0) is 9.59 Å². The molecule has 39 heavy (non-hydrogen) atoms. The molecule has 196 valence electrons. The predicted molar refractivity (Wildman–Crippen MR) is 139 cm³/mol. The summed E-state index contributed by atoms with van der Waals surface area (Å²) in [6, 6.07) is 15.7. The molecular formula is C24H17N7O8. The molecule has 3 aromatic carbocycles. The highest BCUT2D eigenvalue weighted by Crippen LogP contribution is 2.15. The summed E-state index contributed by atoms with van der Waals surface area (Å²) in [6.45, 7) is 0. The average Bonchev–Trinajstić information content (AvgIpc) is 2.92. The first-order chi connectivity index (χ1) is 18.6. The van der Waals surface area contributed by atoms with Gasteiger partial charge in [-0.25, -0.2) is 10.9 Å². The molecule has 0 aromatic heterocycles. The largest absolute Gasteiger partial charge is 0.277 e. The number of nitrogens with zero attached hydrogens (tertiary/aromatic N) is 5. The lowest BCUT2D eigenvalue weighted by atomic mass is 10.1. The monoisotopic (exact) mass is 531 g/mol. The van der Waals surface area contributed by atoms with E-state index in [4.69, 9.17) is 0 Å². The Morgan fingerprint density at radius 3 is 1.18 bits per heavy atom. The fourth-order valence-corrected chi connectivity index (χ4v) is 2.91. The molecule has 3 rings (SSSR count). The number of carbonyl (C=O) groups excluding carboxylic acids is 2. The van der Waals surface area contributed by atoms with E-state index in [1.807, 2.05) is 0 Å². The van der Waals surface area contributed by atoms with Crippen LogP contribution in [0.4, 0.5) is 17.1 Å². The highest BCUT2D eigenvalue weighted by molar-refractivity contribution is 6.21. The number of hydrogen-bond donors (Lipinski definition) is 2. The van der Waals surface area contributed by atoms with Crippen LogP contribution in [0.1, 0.15) is 16.7 Å². The molecule has 0 saturated heterocycles. The summed E-state index contributed by atoms with van der Waals surface area (Å²) in [6.07, 6.45) is 3.57. The van der Waals surface area contributed by atoms with Gasteiger partial charge in [-0.3, -0.25) is 39.9 Å². The minimum atomic E-state index is -0.949. The first kappa shape index (κ1) is 27.5. The topological polar surface area (TPSA) is 212 Å². The predicted octanol–water partition coefficient (Wildman–Crippen LogP) is 3.10. The summed E-state index contributed by atoms with van der Waals surface area (Å²) < 4.78 is 0. The normalized spacial score (nSPS) is 10.7. The Bertz CT molecular complexity index is 1410. The highest BCUT2D eigenvalue weighted by atomic mass is 16.6. The Morgan fingerprint density at radius 1 is 0.564 bits per heavy atom. The third-order valence-electron chi connectivity index (χ3n) is 4.87. The molecule has 0 bridgehead atoms. The number of hydrazone groups is 2. The van der Waals surface area contributed by atoms with Crippen LogP contribution < -0.4 is 10.9 Å². The Balaban J connectivity index is 1.77. The molecule has 0 spiro atoms. The summed E-state index contributed by atoms with van der Waals surface area (Å²) >= 11 is 0. The van der Waals surface area contributed by atoms with Crippen LogP contribution in [0.2, 0.25) is 0 Å². The number of benzene rings is 3. The van der Waals surface area contributed by atoms with Gasteiger partial charge in [0.1, 0.15) is 5.57 Å². The molecule has 0 heterocycles. The van der Waals surface area contributed by atoms with Crippen molar-refractivity contribution in [2.24, 2.45) is 10.2 Å². The van der Waals surface area contributed by atoms with E-state index in [-0.39, 0.29) is 17.1 Å². The van der Waals surface area contributed by atoms with Gasteiger partial charge in [-0.15, -0.1) is 0 Å². The molecule has 15 heteroatoms. The quantitative estimate of drug-likeness (QED) is 0.0988. The van der Waals surface area contributed by atoms with Crippen LogP contribution in [0.3, 0.4) is 0 Å². The maximum absolute atomic E-state index is 12.8. The van der Waals surface area contributed by atoms with Gasteiger partial charge in [0.2, 0.25) is 0 Å². The second-order valence-electron chi connectivity index (χ2n) is 7.50. The zero-order valence-electron chi connectivity index (χ0n) is 19.7. The fourth-order valence-electron chi connectivity index (χ4n) is 2.91. The molecule has 0 radical (unpaired) electrons. The summed E-state index contributed by atoms with van der Waals surface area (Å²) in [5.41, 5.74) is 4.58. The van der Waals surface area contributed by atoms with Crippen molar-refractivity contribution in [1.29, 1.82) is 0 Å². The maximum atomic E-state index is 12.8. The van der Waals surface area contributed by atoms with E-state index in [1.165, 1.54) is 85.2 Å². The van der Waals surface area contributed by atoms with Crippen LogP contribution in [0.15, 0.2) is 88.6 Å². The van der Waals surface area contributed by atoms with Crippen molar-refractivity contribution in [3.05, 3.63) is 125 Å². The van der Waals surface area contributed by atoms with Crippen LogP contribution >= 0.6 is 0 Å². The van der Waals surface area contributed by atoms with Gasteiger partial charge in [0.05, 0.1) is 27.2 Å². The number of nitrogens with one attached hydrogen (secondary N) is 2. The van der Waals surface area contributed by atoms with Gasteiger partial charge in [-0.2, -0.15) is 10.2 Å². The Kier molecular flexibility index (Phi) is 8.96. The standard InChI is InChI=1S/C24H17N7O8/c32-23(27-25-14-17-3-9-20(10-4-17)30(36)37)22(13-16-1-7-19(8-2-16)29(34)35)24(33)28-26-15-18-5-11-21(12-6-18)31(38)39/h1-15H,(H,27,32)(H,28,33). The minimum absolute atomic E-state index is 0.129. The third-order valence-corrected chi connectivity index (χ3v) is 4.87. The van der Waals surface area contributed by atoms with Crippen LogP contribution in [0.25, 0.3) is 6.08 Å². The summed E-state index contributed by atoms with van der Waals surface area (Å²) in [5, 5.41) is 39.9. The summed E-state index contributed by atoms with van der Waals surface area (Å²) in [4.78, 5) is 56.2. The molecule has 0 aliphatic carbocycles. The molecule has 2 N–H and O–H groups in total. The molecule has 15 nitrogen and oxygen atoms in total. The van der Waals surface area contributed by atoms with Crippen LogP contribution in [0, 0.1) is 30.3 Å². The molecule has 0 fully saturated rings. The van der Waals surface area contributed by atoms with Gasteiger partial charge in [-0.05, 0) is 59.2 Å². The van der Waals surface area contributed by atoms with E-state index < -0.39 is 32.2 Å². The number of non-ortho nitro benzene ring substituents is 3. The number of nitro groups is 3. The van der Waals surface area contributed by atoms with Crippen LogP contribution in [0.5, 0.6) is 0 Å². The second-order valence-corrected chi connectivity index (χ2v) is 7.50. The molecule has 3 aromatic rings. The van der Waals surface area contributed by atoms with Gasteiger partial charge in [-0.1, -0.05) is 0 Å². The molecule has 0 atom stereocenters. The van der Waals surface area contributed by atoms with E-state index >= 15 is 0 Å². The van der Waals surface area contributed by atoms with Gasteiger partial charge < -0.3 is 0 Å². The highest BCUT2D eigenvalue weighted by Gasteiger charge is 2.18. The lowest BCUT2D eigenvalue weighted by Crippen LogP contribution is -2.30. The summed E-state index contributed by atoms with van der Waals surface area (Å²) in [5.74, 6) is -1.90. The Morgan fingerprint density at radius 2 is 0.872 bits per heavy atom. The van der Waals surface area contributed by atoms with E-state index in [2.05, 4.69) is 21.1 Å². The molecule has 0 saturated carbocycles. The first-order valence-corrected chi connectivity index (χ1v) is 10.8. The number of carbonyl (C=O) groups is 2. The van der Waals surface area contributed by atoms with Gasteiger partial charge >= 0.3 is 0 Å². The van der Waals surface area contributed by atoms with Crippen molar-refractivity contribution in [2.75, 3.05) is 0 Å². The molecule has 0 unspecified atom stereocenters. The van der Waals surface area contributed by atoms with Gasteiger partial charge in [0.25, 0.3) is 28.9 Å². The number of hydrogen-bond acceptors (Lipinski definition) is 10. The molecule has 2 amide bonds. The number of rotatable bonds is 10. The minimum Gasteiger partial charge on any atom is -0.267 e. The lowest BCUT2D eigenvalue weighted by molar-refractivity contribution is -0.385. The smallest absolute Gasteiger partial charge is 0.267 e. The molecular weight excluding hydrogens is 514 g/mol. The lowest BCUT2D eigenvalue weighted by Gasteiger charge is -2.05.